The molecule has 8 nitrogen and oxygen atoms in total. The van der Waals surface area contributed by atoms with Gasteiger partial charge in [-0.3, -0.25) is 9.78 Å². The van der Waals surface area contributed by atoms with E-state index in [-0.39, 0.29) is 17.9 Å². The normalized spacial score (nSPS) is 16.6. The van der Waals surface area contributed by atoms with Crippen molar-refractivity contribution in [1.82, 2.24) is 25.0 Å². The van der Waals surface area contributed by atoms with Crippen LogP contribution >= 0.6 is 0 Å². The average molecular weight is 407 g/mol. The molecule has 1 aliphatic rings. The molecule has 4 rings (SSSR count). The predicted octanol–water partition coefficient (Wildman–Crippen LogP) is 3.41. The fourth-order valence-electron chi connectivity index (χ4n) is 3.65. The molecule has 1 aromatic carbocycles. The molecule has 3 aromatic rings. The highest BCUT2D eigenvalue weighted by Crippen LogP contribution is 2.23. The first-order chi connectivity index (χ1) is 14.6. The molecule has 1 atom stereocenters. The molecule has 2 aromatic heterocycles. The van der Waals surface area contributed by atoms with Gasteiger partial charge < -0.3 is 14.2 Å². The number of hydrogen-bond acceptors (Lipinski definition) is 7. The lowest BCUT2D eigenvalue weighted by Gasteiger charge is -2.32. The lowest BCUT2D eigenvalue weighted by molar-refractivity contribution is 0.0668. The van der Waals surface area contributed by atoms with Crippen LogP contribution < -0.4 is 4.74 Å². The Kier molecular flexibility index (Phi) is 6.02. The summed E-state index contributed by atoms with van der Waals surface area (Å²) in [5.41, 5.74) is 1.26. The third kappa shape index (κ3) is 4.82. The number of carbonyl (C=O) groups is 1. The molecule has 1 fully saturated rings. The van der Waals surface area contributed by atoms with E-state index in [9.17, 15) is 4.79 Å². The van der Waals surface area contributed by atoms with Crippen LogP contribution in [0.2, 0.25) is 0 Å². The number of hydrogen-bond donors (Lipinski definition) is 0. The highest BCUT2D eigenvalue weighted by molar-refractivity contribution is 5.94. The molecule has 0 saturated carbocycles. The van der Waals surface area contributed by atoms with Gasteiger partial charge in [0.1, 0.15) is 11.4 Å². The topological polar surface area (TPSA) is 94.2 Å². The van der Waals surface area contributed by atoms with Gasteiger partial charge in [-0.05, 0) is 56.9 Å². The largest absolute Gasteiger partial charge is 0.491 e. The van der Waals surface area contributed by atoms with Gasteiger partial charge in [-0.25, -0.2) is 4.98 Å². The fourth-order valence-corrected chi connectivity index (χ4v) is 3.65. The van der Waals surface area contributed by atoms with Gasteiger partial charge in [0.15, 0.2) is 0 Å². The first-order valence-corrected chi connectivity index (χ1v) is 10.2. The number of amides is 1. The van der Waals surface area contributed by atoms with Crippen LogP contribution in [0.5, 0.6) is 5.75 Å². The summed E-state index contributed by atoms with van der Waals surface area (Å²) >= 11 is 0. The summed E-state index contributed by atoms with van der Waals surface area (Å²) in [6, 6.07) is 7.35. The minimum absolute atomic E-state index is 0.0431. The van der Waals surface area contributed by atoms with Gasteiger partial charge in [0, 0.05) is 37.5 Å². The van der Waals surface area contributed by atoms with Crippen LogP contribution in [0.3, 0.4) is 0 Å². The number of carbonyl (C=O) groups excluding carboxylic acids is 1. The van der Waals surface area contributed by atoms with Crippen molar-refractivity contribution < 1.29 is 14.1 Å². The van der Waals surface area contributed by atoms with Crippen LogP contribution in [0.4, 0.5) is 0 Å². The first-order valence-electron chi connectivity index (χ1n) is 10.2. The molecule has 1 aliphatic heterocycles. The number of benzene rings is 1. The van der Waals surface area contributed by atoms with Crippen molar-refractivity contribution in [2.24, 2.45) is 5.92 Å². The second kappa shape index (κ2) is 9.02. The number of aromatic nitrogens is 4. The SMILES string of the molecule is CC(C)Oc1ccc(C(=O)N2CCCC(Cc3nc(-c4cnccn4)no3)C2)cc1. The summed E-state index contributed by atoms with van der Waals surface area (Å²) in [7, 11) is 0. The van der Waals surface area contributed by atoms with Crippen LogP contribution in [0, 0.1) is 5.92 Å². The third-order valence-electron chi connectivity index (χ3n) is 5.00. The second-order valence-electron chi connectivity index (χ2n) is 7.76. The summed E-state index contributed by atoms with van der Waals surface area (Å²) in [6.45, 7) is 5.39. The third-order valence-corrected chi connectivity index (χ3v) is 5.00. The lowest BCUT2D eigenvalue weighted by atomic mass is 9.94. The number of nitrogens with zero attached hydrogens (tertiary/aromatic N) is 5. The second-order valence-corrected chi connectivity index (χ2v) is 7.76. The Morgan fingerprint density at radius 3 is 2.83 bits per heavy atom. The zero-order valence-electron chi connectivity index (χ0n) is 17.2. The van der Waals surface area contributed by atoms with Crippen LogP contribution in [0.1, 0.15) is 42.9 Å². The Morgan fingerprint density at radius 2 is 2.10 bits per heavy atom. The first kappa shape index (κ1) is 20.0. The molecule has 30 heavy (non-hydrogen) atoms. The summed E-state index contributed by atoms with van der Waals surface area (Å²) in [4.78, 5) is 27.5. The molecule has 156 valence electrons. The molecule has 0 N–H and O–H groups in total. The molecule has 0 radical (unpaired) electrons. The van der Waals surface area contributed by atoms with Crippen molar-refractivity contribution in [3.8, 4) is 17.3 Å². The number of likely N-dealkylation sites (tertiary alicyclic amines) is 1. The zero-order chi connectivity index (χ0) is 20.9. The molecular formula is C22H25N5O3. The van der Waals surface area contributed by atoms with Gasteiger partial charge in [0.05, 0.1) is 12.3 Å². The van der Waals surface area contributed by atoms with E-state index in [1.807, 2.05) is 43.0 Å². The van der Waals surface area contributed by atoms with E-state index in [0.29, 0.717) is 35.9 Å². The van der Waals surface area contributed by atoms with Crippen molar-refractivity contribution in [1.29, 1.82) is 0 Å². The smallest absolute Gasteiger partial charge is 0.253 e. The number of rotatable bonds is 6. The molecule has 0 aliphatic carbocycles. The zero-order valence-corrected chi connectivity index (χ0v) is 17.2. The van der Waals surface area contributed by atoms with E-state index in [2.05, 4.69) is 20.1 Å². The Labute approximate surface area is 175 Å². The monoisotopic (exact) mass is 407 g/mol. The van der Waals surface area contributed by atoms with Crippen molar-refractivity contribution in [3.63, 3.8) is 0 Å². The number of ether oxygens (including phenoxy) is 1. The van der Waals surface area contributed by atoms with E-state index >= 15 is 0 Å². The minimum atomic E-state index is 0.0431. The van der Waals surface area contributed by atoms with Crippen molar-refractivity contribution in [2.75, 3.05) is 13.1 Å². The Hall–Kier alpha value is -3.29. The molecular weight excluding hydrogens is 382 g/mol. The quantitative estimate of drug-likeness (QED) is 0.618. The Morgan fingerprint density at radius 1 is 1.27 bits per heavy atom. The minimum Gasteiger partial charge on any atom is -0.491 e. The van der Waals surface area contributed by atoms with E-state index in [1.54, 1.807) is 18.6 Å². The van der Waals surface area contributed by atoms with Gasteiger partial charge in [-0.15, -0.1) is 0 Å². The van der Waals surface area contributed by atoms with Crippen LogP contribution in [0.25, 0.3) is 11.5 Å². The van der Waals surface area contributed by atoms with Crippen LogP contribution in [-0.2, 0) is 6.42 Å². The molecule has 0 spiro atoms. The molecule has 1 saturated heterocycles. The Balaban J connectivity index is 1.37. The van der Waals surface area contributed by atoms with Crippen LogP contribution in [0.15, 0.2) is 47.4 Å². The highest BCUT2D eigenvalue weighted by Gasteiger charge is 2.26. The van der Waals surface area contributed by atoms with E-state index in [1.165, 1.54) is 0 Å². The summed E-state index contributed by atoms with van der Waals surface area (Å²) in [5.74, 6) is 2.09. The van der Waals surface area contributed by atoms with E-state index < -0.39 is 0 Å². The number of piperidine rings is 1. The molecule has 1 unspecified atom stereocenters. The van der Waals surface area contributed by atoms with Gasteiger partial charge in [0.2, 0.25) is 11.7 Å². The molecule has 1 amide bonds. The Bertz CT molecular complexity index is 972. The lowest BCUT2D eigenvalue weighted by Crippen LogP contribution is -2.40. The van der Waals surface area contributed by atoms with E-state index in [0.717, 1.165) is 25.1 Å². The van der Waals surface area contributed by atoms with E-state index in [4.69, 9.17) is 9.26 Å². The van der Waals surface area contributed by atoms with Crippen molar-refractivity contribution in [2.45, 2.75) is 39.2 Å². The van der Waals surface area contributed by atoms with Crippen LogP contribution in [-0.4, -0.2) is 50.1 Å². The predicted molar refractivity (Wildman–Crippen MR) is 110 cm³/mol. The maximum Gasteiger partial charge on any atom is 0.253 e. The summed E-state index contributed by atoms with van der Waals surface area (Å²) < 4.78 is 11.1. The maximum absolute atomic E-state index is 12.9. The summed E-state index contributed by atoms with van der Waals surface area (Å²) in [6.07, 6.45) is 7.52. The highest BCUT2D eigenvalue weighted by atomic mass is 16.5. The molecule has 8 heteroatoms. The molecule has 3 heterocycles. The van der Waals surface area contributed by atoms with Crippen molar-refractivity contribution >= 4 is 5.91 Å². The average Bonchev–Trinajstić information content (AvgIpc) is 3.23. The van der Waals surface area contributed by atoms with Gasteiger partial charge >= 0.3 is 0 Å². The molecule has 0 bridgehead atoms. The van der Waals surface area contributed by atoms with Gasteiger partial charge in [0.25, 0.3) is 5.91 Å². The van der Waals surface area contributed by atoms with Gasteiger partial charge in [-0.1, -0.05) is 5.16 Å². The van der Waals surface area contributed by atoms with Gasteiger partial charge in [-0.2, -0.15) is 4.98 Å². The standard InChI is InChI=1S/C22H25N5O3/c1-15(2)29-18-7-5-17(6-8-18)22(28)27-11-3-4-16(14-27)12-20-25-21(26-30-20)19-13-23-9-10-24-19/h5-10,13,15-16H,3-4,11-12,14H2,1-2H3. The van der Waals surface area contributed by atoms with Crippen molar-refractivity contribution in [3.05, 3.63) is 54.3 Å². The maximum atomic E-state index is 12.9. The summed E-state index contributed by atoms with van der Waals surface area (Å²) in [5, 5.41) is 4.00. The fraction of sp³-hybridized carbons (Fsp3) is 0.409.